The Hall–Kier alpha value is -3.33. The van der Waals surface area contributed by atoms with Crippen molar-refractivity contribution in [2.45, 2.75) is 26.5 Å². The molecule has 4 rings (SSSR count). The number of carbonyl (C=O) groups is 2. The Kier molecular flexibility index (Phi) is 9.44. The predicted molar refractivity (Wildman–Crippen MR) is 154 cm³/mol. The fraction of sp³-hybridized carbons (Fsp3) is 0.207. The highest BCUT2D eigenvalue weighted by molar-refractivity contribution is 8.26. The van der Waals surface area contributed by atoms with Crippen LogP contribution in [0.1, 0.15) is 36.6 Å². The van der Waals surface area contributed by atoms with Crippen LogP contribution in [0.5, 0.6) is 11.5 Å². The number of hydrogen-bond donors (Lipinski definition) is 0. The van der Waals surface area contributed by atoms with Crippen molar-refractivity contribution in [1.29, 1.82) is 0 Å². The molecule has 3 aromatic rings. The van der Waals surface area contributed by atoms with Gasteiger partial charge in [0.2, 0.25) is 0 Å². The van der Waals surface area contributed by atoms with Gasteiger partial charge in [0.15, 0.2) is 17.5 Å². The molecule has 1 aliphatic rings. The number of benzene rings is 3. The largest absolute Gasteiger partial charge is 0.490 e. The number of rotatable bonds is 10. The Bertz CT molecular complexity index is 1360. The van der Waals surface area contributed by atoms with E-state index in [-0.39, 0.29) is 23.4 Å². The molecule has 1 fully saturated rings. The summed E-state index contributed by atoms with van der Waals surface area (Å²) in [6.07, 6.45) is 1.73. The number of hydrogen-bond acceptors (Lipinski definition) is 7. The molecular weight excluding hydrogens is 542 g/mol. The molecule has 1 amide bonds. The molecule has 0 saturated carbocycles. The highest BCUT2D eigenvalue weighted by atomic mass is 35.5. The summed E-state index contributed by atoms with van der Waals surface area (Å²) in [6.45, 7) is 4.52. The Morgan fingerprint density at radius 2 is 1.74 bits per heavy atom. The first-order chi connectivity index (χ1) is 18.4. The predicted octanol–water partition coefficient (Wildman–Crippen LogP) is 6.82. The van der Waals surface area contributed by atoms with Gasteiger partial charge >= 0.3 is 5.97 Å². The zero-order chi connectivity index (χ0) is 27.1. The van der Waals surface area contributed by atoms with Crippen LogP contribution in [0.3, 0.4) is 0 Å². The lowest BCUT2D eigenvalue weighted by Crippen LogP contribution is -2.38. The summed E-state index contributed by atoms with van der Waals surface area (Å²) in [5, 5.41) is 0.626. The average molecular weight is 568 g/mol. The second-order valence-electron chi connectivity index (χ2n) is 8.14. The second kappa shape index (κ2) is 13.0. The van der Waals surface area contributed by atoms with E-state index in [9.17, 15) is 9.59 Å². The summed E-state index contributed by atoms with van der Waals surface area (Å²) >= 11 is 12.9. The molecular formula is C29H26ClNO5S2. The highest BCUT2D eigenvalue weighted by Gasteiger charge is 2.42. The molecule has 6 nitrogen and oxygen atoms in total. The monoisotopic (exact) mass is 567 g/mol. The molecule has 1 aliphatic heterocycles. The minimum Gasteiger partial charge on any atom is -0.490 e. The number of carbonyl (C=O) groups excluding carboxylic acids is 2. The van der Waals surface area contributed by atoms with Crippen LogP contribution < -0.4 is 9.47 Å². The summed E-state index contributed by atoms with van der Waals surface area (Å²) in [6, 6.07) is 20.9. The fourth-order valence-electron chi connectivity index (χ4n) is 3.87. The van der Waals surface area contributed by atoms with E-state index in [1.807, 2.05) is 43.3 Å². The number of thiocarbonyl (C=S) groups is 1. The molecule has 1 unspecified atom stereocenters. The van der Waals surface area contributed by atoms with Crippen molar-refractivity contribution in [2.24, 2.45) is 0 Å². The molecule has 1 atom stereocenters. The van der Waals surface area contributed by atoms with Gasteiger partial charge in [-0.15, -0.1) is 0 Å². The third-order valence-corrected chi connectivity index (χ3v) is 7.31. The normalized spacial score (nSPS) is 15.0. The lowest BCUT2D eigenvalue weighted by Gasteiger charge is -2.25. The number of amides is 1. The van der Waals surface area contributed by atoms with E-state index in [2.05, 4.69) is 0 Å². The van der Waals surface area contributed by atoms with Crippen molar-refractivity contribution in [1.82, 2.24) is 4.90 Å². The third-order valence-electron chi connectivity index (χ3n) is 5.61. The Morgan fingerprint density at radius 3 is 2.45 bits per heavy atom. The number of nitrogens with zero attached hydrogens (tertiary/aromatic N) is 1. The molecule has 1 saturated heterocycles. The van der Waals surface area contributed by atoms with Crippen LogP contribution in [-0.4, -0.2) is 34.3 Å². The molecule has 1 heterocycles. The number of esters is 1. The molecule has 3 aromatic carbocycles. The van der Waals surface area contributed by atoms with Crippen molar-refractivity contribution >= 4 is 57.9 Å². The van der Waals surface area contributed by atoms with E-state index in [1.54, 1.807) is 49.4 Å². The quantitative estimate of drug-likeness (QED) is 0.151. The van der Waals surface area contributed by atoms with Crippen LogP contribution in [0.25, 0.3) is 6.08 Å². The van der Waals surface area contributed by atoms with Crippen molar-refractivity contribution in [3.05, 3.63) is 99.4 Å². The fourth-order valence-corrected chi connectivity index (χ4v) is 5.38. The average Bonchev–Trinajstić information content (AvgIpc) is 3.18. The zero-order valence-corrected chi connectivity index (χ0v) is 23.3. The minimum atomic E-state index is -0.964. The van der Waals surface area contributed by atoms with E-state index in [4.69, 9.17) is 38.0 Å². The van der Waals surface area contributed by atoms with Gasteiger partial charge in [0.1, 0.15) is 10.9 Å². The van der Waals surface area contributed by atoms with Gasteiger partial charge in [-0.1, -0.05) is 90.2 Å². The minimum absolute atomic E-state index is 0.192. The molecule has 0 bridgehead atoms. The molecule has 0 N–H and O–H groups in total. The van der Waals surface area contributed by atoms with Crippen molar-refractivity contribution in [3.8, 4) is 11.5 Å². The van der Waals surface area contributed by atoms with Gasteiger partial charge in [-0.2, -0.15) is 0 Å². The third kappa shape index (κ3) is 6.38. The van der Waals surface area contributed by atoms with E-state index >= 15 is 0 Å². The van der Waals surface area contributed by atoms with Gasteiger partial charge < -0.3 is 14.2 Å². The lowest BCUT2D eigenvalue weighted by molar-refractivity contribution is -0.151. The van der Waals surface area contributed by atoms with Gasteiger partial charge in [0.25, 0.3) is 5.91 Å². The van der Waals surface area contributed by atoms with Crippen LogP contribution in [0.4, 0.5) is 0 Å². The van der Waals surface area contributed by atoms with E-state index in [0.717, 1.165) is 22.9 Å². The lowest BCUT2D eigenvalue weighted by atomic mass is 10.1. The Labute approximate surface area is 236 Å². The van der Waals surface area contributed by atoms with Crippen molar-refractivity contribution < 1.29 is 23.8 Å². The number of halogens is 1. The van der Waals surface area contributed by atoms with Gasteiger partial charge in [0, 0.05) is 10.6 Å². The summed E-state index contributed by atoms with van der Waals surface area (Å²) in [4.78, 5) is 28.1. The second-order valence-corrected chi connectivity index (χ2v) is 10.2. The number of ether oxygens (including phenoxy) is 3. The van der Waals surface area contributed by atoms with Crippen LogP contribution in [0, 0.1) is 0 Å². The SMILES string of the molecule is CCOC(=O)C(c1ccccc1)N1C(=O)/C(=C/c2ccc(OCc3ccccc3Cl)c(OCC)c2)SC1=S. The Balaban J connectivity index is 1.59. The van der Waals surface area contributed by atoms with Gasteiger partial charge in [-0.05, 0) is 49.2 Å². The van der Waals surface area contributed by atoms with Crippen molar-refractivity contribution in [3.63, 3.8) is 0 Å². The van der Waals surface area contributed by atoms with Crippen LogP contribution in [0.2, 0.25) is 5.02 Å². The maximum absolute atomic E-state index is 13.5. The van der Waals surface area contributed by atoms with Gasteiger partial charge in [-0.3, -0.25) is 9.69 Å². The smallest absolute Gasteiger partial charge is 0.333 e. The molecule has 196 valence electrons. The summed E-state index contributed by atoms with van der Waals surface area (Å²) in [7, 11) is 0. The topological polar surface area (TPSA) is 65.1 Å². The maximum atomic E-state index is 13.5. The Morgan fingerprint density at radius 1 is 1.00 bits per heavy atom. The molecule has 9 heteroatoms. The summed E-state index contributed by atoms with van der Waals surface area (Å²) < 4.78 is 17.4. The molecule has 0 spiro atoms. The molecule has 0 aliphatic carbocycles. The van der Waals surface area contributed by atoms with Gasteiger partial charge in [0.05, 0.1) is 18.1 Å². The van der Waals surface area contributed by atoms with E-state index in [1.165, 1.54) is 4.90 Å². The van der Waals surface area contributed by atoms with Crippen LogP contribution >= 0.6 is 35.6 Å². The highest BCUT2D eigenvalue weighted by Crippen LogP contribution is 2.39. The first-order valence-corrected chi connectivity index (χ1v) is 13.6. The van der Waals surface area contributed by atoms with Crippen molar-refractivity contribution in [2.75, 3.05) is 13.2 Å². The first kappa shape index (κ1) is 27.7. The standard InChI is InChI=1S/C29H26ClNO5S2/c1-3-34-24-16-19(14-15-23(24)36-18-21-12-8-9-13-22(21)30)17-25-27(32)31(29(37)38-25)26(28(33)35-4-2)20-10-6-5-7-11-20/h5-17,26H,3-4,18H2,1-2H3/b25-17-. The van der Waals surface area contributed by atoms with Gasteiger partial charge in [-0.25, -0.2) is 4.79 Å². The van der Waals surface area contributed by atoms with E-state index < -0.39 is 12.0 Å². The molecule has 0 aromatic heterocycles. The van der Waals surface area contributed by atoms with E-state index in [0.29, 0.717) is 33.6 Å². The molecule has 0 radical (unpaired) electrons. The summed E-state index contributed by atoms with van der Waals surface area (Å²) in [5.41, 5.74) is 2.22. The zero-order valence-electron chi connectivity index (χ0n) is 20.9. The molecule has 38 heavy (non-hydrogen) atoms. The maximum Gasteiger partial charge on any atom is 0.333 e. The summed E-state index contributed by atoms with van der Waals surface area (Å²) in [5.74, 6) is 0.203. The van der Waals surface area contributed by atoms with Crippen LogP contribution in [-0.2, 0) is 20.9 Å². The van der Waals surface area contributed by atoms with Crippen LogP contribution in [0.15, 0.2) is 77.7 Å². The first-order valence-electron chi connectivity index (χ1n) is 12.0. The number of thioether (sulfide) groups is 1.